The van der Waals surface area contributed by atoms with Gasteiger partial charge in [0.05, 0.1) is 0 Å². The van der Waals surface area contributed by atoms with Crippen LogP contribution < -0.4 is 0 Å². The van der Waals surface area contributed by atoms with Gasteiger partial charge in [-0.15, -0.1) is 0 Å². The SMILES string of the molecule is FC(F)(Cl)C(F)(F)C(F)(F)C(F)(F)C(F)(F)C(F)(F)C(F)(F)C(F)(F)C(F)(F)C(F)(F)C(F)(F)C(F)(F)C(F)(F)C(F)(F)C(F)(F)C(F)(F)C(F)(F)Cl. The fourth-order valence-electron chi connectivity index (χ4n) is 2.92. The lowest BCUT2D eigenvalue weighted by atomic mass is 9.82. The second-order valence-electron chi connectivity index (χ2n) is 9.61. The van der Waals surface area contributed by atoms with Crippen molar-refractivity contribution in [2.75, 3.05) is 0 Å². The molecule has 0 spiro atoms. The van der Waals surface area contributed by atoms with Crippen molar-refractivity contribution in [3.05, 3.63) is 0 Å². The van der Waals surface area contributed by atoms with Gasteiger partial charge in [0.2, 0.25) is 0 Å². The summed E-state index contributed by atoms with van der Waals surface area (Å²) in [6, 6.07) is 0. The van der Waals surface area contributed by atoms with Crippen LogP contribution in [-0.4, -0.2) is 99.6 Å². The van der Waals surface area contributed by atoms with E-state index < -0.39 is 99.6 Å². The van der Waals surface area contributed by atoms with E-state index in [1.165, 1.54) is 0 Å². The summed E-state index contributed by atoms with van der Waals surface area (Å²) in [5.74, 6) is -146. The van der Waals surface area contributed by atoms with Crippen molar-refractivity contribution in [2.24, 2.45) is 0 Å². The lowest BCUT2D eigenvalue weighted by Gasteiger charge is -2.47. The zero-order valence-corrected chi connectivity index (χ0v) is 23.6. The van der Waals surface area contributed by atoms with Crippen LogP contribution >= 0.6 is 23.2 Å². The molecule has 0 atom stereocenters. The molecular weight excluding hydrogens is 921 g/mol. The topological polar surface area (TPSA) is 0 Å². The van der Waals surface area contributed by atoms with Crippen LogP contribution in [0.3, 0.4) is 0 Å². The van der Waals surface area contributed by atoms with E-state index in [-0.39, 0.29) is 0 Å². The van der Waals surface area contributed by atoms with Gasteiger partial charge in [-0.25, -0.2) is 0 Å². The molecule has 0 saturated carbocycles. The van der Waals surface area contributed by atoms with Crippen LogP contribution in [0.2, 0.25) is 0 Å². The normalized spacial score (nSPS) is 17.4. The minimum atomic E-state index is -10.3. The molecular formula is C17Cl2F34. The van der Waals surface area contributed by atoms with Crippen LogP contribution in [0.4, 0.5) is 149 Å². The third-order valence-electron chi connectivity index (χ3n) is 6.23. The summed E-state index contributed by atoms with van der Waals surface area (Å²) in [6.45, 7) is 0. The molecule has 0 aliphatic carbocycles. The predicted molar refractivity (Wildman–Crippen MR) is 95.8 cm³/mol. The monoisotopic (exact) mass is 920 g/mol. The zero-order chi connectivity index (χ0) is 44.5. The van der Waals surface area contributed by atoms with Gasteiger partial charge in [-0.05, 0) is 23.2 Å². The summed E-state index contributed by atoms with van der Waals surface area (Å²) in [4.78, 5) is 0. The van der Waals surface area contributed by atoms with Crippen LogP contribution in [0.25, 0.3) is 0 Å². The maximum Gasteiger partial charge on any atom is 0.393 e. The molecule has 0 aliphatic rings. The average molecular weight is 921 g/mol. The maximum atomic E-state index is 13.8. The van der Waals surface area contributed by atoms with E-state index in [1.54, 1.807) is 0 Å². The summed E-state index contributed by atoms with van der Waals surface area (Å²) in [6.07, 6.45) is 0. The van der Waals surface area contributed by atoms with Crippen molar-refractivity contribution >= 4 is 23.2 Å². The first kappa shape index (κ1) is 51.2. The van der Waals surface area contributed by atoms with Crippen LogP contribution in [0, 0.1) is 0 Å². The molecule has 0 rings (SSSR count). The van der Waals surface area contributed by atoms with E-state index in [9.17, 15) is 149 Å². The summed E-state index contributed by atoms with van der Waals surface area (Å²) in [7, 11) is 0. The Labute approximate surface area is 273 Å². The zero-order valence-electron chi connectivity index (χ0n) is 22.1. The van der Waals surface area contributed by atoms with E-state index in [0.29, 0.717) is 0 Å². The predicted octanol–water partition coefficient (Wildman–Crippen LogP) is 12.2. The third-order valence-corrected chi connectivity index (χ3v) is 6.71. The standard InChI is InChI=1S/C17Cl2F34/c18-16(50,51)14(46,47)12(42,43)10(38,39)8(34,35)6(30,31)4(26,27)2(22,23)1(20,21)3(24,25)5(28,29)7(32,33)9(36,37)11(40,41)13(44,45)15(48,49)17(19,52)53. The molecule has 36 heteroatoms. The van der Waals surface area contributed by atoms with Crippen LogP contribution in [0.5, 0.6) is 0 Å². The second kappa shape index (κ2) is 12.1. The first-order chi connectivity index (χ1) is 22.0. The van der Waals surface area contributed by atoms with Gasteiger partial charge in [0.1, 0.15) is 0 Å². The fourth-order valence-corrected chi connectivity index (χ4v) is 3.16. The van der Waals surface area contributed by atoms with Crippen molar-refractivity contribution in [2.45, 2.75) is 99.6 Å². The van der Waals surface area contributed by atoms with Gasteiger partial charge in [-0.1, -0.05) is 0 Å². The quantitative estimate of drug-likeness (QED) is 0.107. The van der Waals surface area contributed by atoms with Gasteiger partial charge in [0, 0.05) is 0 Å². The molecule has 0 fully saturated rings. The molecule has 0 aromatic heterocycles. The lowest BCUT2D eigenvalue weighted by Crippen LogP contribution is -2.80. The molecule has 0 unspecified atom stereocenters. The van der Waals surface area contributed by atoms with Gasteiger partial charge in [0.25, 0.3) is 0 Å². The molecule has 0 radical (unpaired) electrons. The molecule has 53 heavy (non-hydrogen) atoms. The van der Waals surface area contributed by atoms with Gasteiger partial charge in [0.15, 0.2) is 0 Å². The van der Waals surface area contributed by atoms with Gasteiger partial charge >= 0.3 is 99.6 Å². The Bertz CT molecular complexity index is 1240. The molecule has 0 saturated heterocycles. The van der Waals surface area contributed by atoms with Crippen LogP contribution in [-0.2, 0) is 0 Å². The average Bonchev–Trinajstić information content (AvgIpc) is 2.89. The van der Waals surface area contributed by atoms with Crippen molar-refractivity contribution in [1.82, 2.24) is 0 Å². The van der Waals surface area contributed by atoms with E-state index in [0.717, 1.165) is 0 Å². The number of rotatable bonds is 16. The third kappa shape index (κ3) is 5.77. The molecule has 0 amide bonds. The minimum absolute atomic E-state index is 3.13. The van der Waals surface area contributed by atoms with Crippen molar-refractivity contribution < 1.29 is 149 Å². The molecule has 0 aromatic rings. The summed E-state index contributed by atoms with van der Waals surface area (Å²) >= 11 is 6.26. The summed E-state index contributed by atoms with van der Waals surface area (Å²) < 4.78 is 456. The maximum absolute atomic E-state index is 13.8. The molecule has 0 aromatic carbocycles. The molecule has 320 valence electrons. The van der Waals surface area contributed by atoms with E-state index in [1.807, 2.05) is 0 Å². The Morgan fingerprint density at radius 2 is 0.189 bits per heavy atom. The lowest BCUT2D eigenvalue weighted by molar-refractivity contribution is -0.489. The Kier molecular flexibility index (Phi) is 11.7. The highest BCUT2D eigenvalue weighted by molar-refractivity contribution is 6.22. The number of halogens is 36. The first-order valence-electron chi connectivity index (χ1n) is 10.8. The summed E-state index contributed by atoms with van der Waals surface area (Å²) in [5.41, 5.74) is 0. The van der Waals surface area contributed by atoms with Crippen LogP contribution in [0.1, 0.15) is 0 Å². The summed E-state index contributed by atoms with van der Waals surface area (Å²) in [5, 5.41) is -14.9. The molecule has 0 heterocycles. The Balaban J connectivity index is 7.78. The number of hydrogen-bond donors (Lipinski definition) is 0. The highest BCUT2D eigenvalue weighted by Crippen LogP contribution is 2.70. The van der Waals surface area contributed by atoms with Crippen LogP contribution in [0.15, 0.2) is 0 Å². The molecule has 0 aliphatic heterocycles. The largest absolute Gasteiger partial charge is 0.393 e. The van der Waals surface area contributed by atoms with E-state index >= 15 is 0 Å². The number of hydrogen-bond acceptors (Lipinski definition) is 0. The van der Waals surface area contributed by atoms with Crippen molar-refractivity contribution in [3.8, 4) is 0 Å². The van der Waals surface area contributed by atoms with Gasteiger partial charge in [-0.2, -0.15) is 149 Å². The Hall–Kier alpha value is -1.80. The highest BCUT2D eigenvalue weighted by Gasteiger charge is 3.02. The van der Waals surface area contributed by atoms with E-state index in [4.69, 9.17) is 0 Å². The fraction of sp³-hybridized carbons (Fsp3) is 1.00. The smallest absolute Gasteiger partial charge is 0.192 e. The van der Waals surface area contributed by atoms with E-state index in [2.05, 4.69) is 23.2 Å². The second-order valence-corrected chi connectivity index (χ2v) is 10.6. The molecule has 0 bridgehead atoms. The Morgan fingerprint density at radius 1 is 0.132 bits per heavy atom. The van der Waals surface area contributed by atoms with Crippen molar-refractivity contribution in [3.63, 3.8) is 0 Å². The van der Waals surface area contributed by atoms with Crippen molar-refractivity contribution in [1.29, 1.82) is 0 Å². The number of alkyl halides is 36. The Morgan fingerprint density at radius 3 is 0.245 bits per heavy atom. The minimum Gasteiger partial charge on any atom is -0.192 e. The molecule has 0 N–H and O–H groups in total. The highest BCUT2D eigenvalue weighted by atomic mass is 35.5. The van der Waals surface area contributed by atoms with Gasteiger partial charge < -0.3 is 0 Å². The first-order valence-corrected chi connectivity index (χ1v) is 11.6. The van der Waals surface area contributed by atoms with Gasteiger partial charge in [-0.3, -0.25) is 0 Å². The molecule has 0 nitrogen and oxygen atoms in total.